The van der Waals surface area contributed by atoms with Crippen LogP contribution in [0.5, 0.6) is 11.5 Å². The van der Waals surface area contributed by atoms with E-state index < -0.39 is 25.4 Å². The molecule has 1 aromatic heterocycles. The number of pyridine rings is 1. The molecule has 0 bridgehead atoms. The third-order valence-electron chi connectivity index (χ3n) is 7.26. The lowest BCUT2D eigenvalue weighted by Crippen LogP contribution is -2.55. The van der Waals surface area contributed by atoms with Gasteiger partial charge in [-0.25, -0.2) is 20.0 Å². The summed E-state index contributed by atoms with van der Waals surface area (Å²) in [5, 5.41) is 3.72. The van der Waals surface area contributed by atoms with Crippen LogP contribution in [0.2, 0.25) is 0 Å². The molecule has 5 aromatic rings. The Hall–Kier alpha value is -5.38. The Morgan fingerprint density at radius 3 is 1.90 bits per heavy atom. The van der Waals surface area contributed by atoms with Crippen molar-refractivity contribution in [3.05, 3.63) is 139 Å². The van der Waals surface area contributed by atoms with Gasteiger partial charge in [-0.05, 0) is 79.3 Å². The quantitative estimate of drug-likeness (QED) is 0.0640. The van der Waals surface area contributed by atoms with E-state index >= 15 is 0 Å². The number of nitrogens with one attached hydrogen (secondary N) is 1. The number of rotatable bonds is 11. The second-order valence-corrected chi connectivity index (χ2v) is 14.5. The van der Waals surface area contributed by atoms with Gasteiger partial charge in [0.1, 0.15) is 18.1 Å². The second kappa shape index (κ2) is 17.0. The number of phosphoric ester groups is 1. The Morgan fingerprint density at radius 2 is 1.37 bits per heavy atom. The van der Waals surface area contributed by atoms with Gasteiger partial charge in [-0.1, -0.05) is 92.2 Å². The van der Waals surface area contributed by atoms with Crippen molar-refractivity contribution in [1.82, 2.24) is 5.32 Å². The van der Waals surface area contributed by atoms with Crippen LogP contribution in [-0.2, 0) is 31.0 Å². The summed E-state index contributed by atoms with van der Waals surface area (Å²) in [5.41, 5.74) is 0.451. The molecule has 268 valence electrons. The molecule has 0 radical (unpaired) electrons. The van der Waals surface area contributed by atoms with E-state index in [9.17, 15) is 19.0 Å². The van der Waals surface area contributed by atoms with Crippen LogP contribution in [0.1, 0.15) is 52.2 Å². The number of hydrogen-bond acceptors (Lipinski definition) is 9. The second-order valence-electron chi connectivity index (χ2n) is 13.2. The Bertz CT molecular complexity index is 1890. The van der Waals surface area contributed by atoms with Crippen molar-refractivity contribution in [1.29, 1.82) is 0 Å². The highest BCUT2D eigenvalue weighted by Gasteiger charge is 2.47. The largest absolute Gasteiger partial charge is 0.736 e. The number of hydrogen-bond donors (Lipinski definition) is 2. The van der Waals surface area contributed by atoms with E-state index in [0.29, 0.717) is 12.0 Å². The first kappa shape index (κ1) is 38.4. The normalized spacial score (nSPS) is 12.5. The Balaban J connectivity index is 0.000000286. The van der Waals surface area contributed by atoms with Gasteiger partial charge in [0.05, 0.1) is 6.10 Å². The molecule has 0 unspecified atom stereocenters. The van der Waals surface area contributed by atoms with Crippen LogP contribution in [0.25, 0.3) is 10.9 Å². The SMILES string of the molecule is CC(C)OC(=O)[C@](CC(C)(C)C)(NC(=O)OCc1ccccc1)c1ccc2c(ccc[n+]2N)c1.O=P([O-])(Oc1ccccc1)Oc1ccccc1. The van der Waals surface area contributed by atoms with Crippen LogP contribution in [0.3, 0.4) is 0 Å². The number of carbonyl (C=O) groups is 2. The molecule has 3 N–H and O–H groups in total. The molecule has 11 nitrogen and oxygen atoms in total. The number of nitrogen functional groups attached to an aromatic ring is 1. The van der Waals surface area contributed by atoms with Gasteiger partial charge in [0.25, 0.3) is 0 Å². The van der Waals surface area contributed by atoms with Crippen molar-refractivity contribution in [2.45, 2.75) is 59.3 Å². The van der Waals surface area contributed by atoms with E-state index in [2.05, 4.69) is 5.32 Å². The number of amides is 1. The van der Waals surface area contributed by atoms with Crippen molar-refractivity contribution >= 4 is 30.8 Å². The molecule has 51 heavy (non-hydrogen) atoms. The lowest BCUT2D eigenvalue weighted by molar-refractivity contribution is -0.611. The van der Waals surface area contributed by atoms with Crippen molar-refractivity contribution in [2.24, 2.45) is 5.41 Å². The zero-order chi connectivity index (χ0) is 37.1. The molecule has 5 rings (SSSR count). The third-order valence-corrected chi connectivity index (χ3v) is 8.13. The molecule has 1 heterocycles. The minimum atomic E-state index is -4.39. The number of aromatic nitrogens is 1. The summed E-state index contributed by atoms with van der Waals surface area (Å²) in [6, 6.07) is 35.0. The first-order valence-corrected chi connectivity index (χ1v) is 17.8. The molecule has 0 aliphatic carbocycles. The van der Waals surface area contributed by atoms with Gasteiger partial charge in [0.2, 0.25) is 5.52 Å². The predicted molar refractivity (Wildman–Crippen MR) is 193 cm³/mol. The highest BCUT2D eigenvalue weighted by Crippen LogP contribution is 2.40. The Morgan fingerprint density at radius 1 is 0.824 bits per heavy atom. The van der Waals surface area contributed by atoms with Crippen molar-refractivity contribution in [3.63, 3.8) is 0 Å². The molecule has 4 aromatic carbocycles. The maximum atomic E-state index is 13.6. The van der Waals surface area contributed by atoms with Crippen LogP contribution in [0.15, 0.2) is 128 Å². The average molecular weight is 714 g/mol. The topological polar surface area (TPSA) is 153 Å². The smallest absolute Gasteiger partial charge is 0.408 e. The first-order valence-electron chi connectivity index (χ1n) is 16.4. The van der Waals surface area contributed by atoms with Crippen LogP contribution in [-0.4, -0.2) is 18.2 Å². The van der Waals surface area contributed by atoms with Gasteiger partial charge in [-0.15, -0.1) is 0 Å². The number of fused-ring (bicyclic) bond motifs is 1. The van der Waals surface area contributed by atoms with Crippen molar-refractivity contribution < 1.29 is 42.2 Å². The fraction of sp³-hybridized carbons (Fsp3) is 0.256. The van der Waals surface area contributed by atoms with E-state index in [-0.39, 0.29) is 29.6 Å². The molecule has 0 saturated carbocycles. The fourth-order valence-corrected chi connectivity index (χ4v) is 6.05. The molecule has 0 spiro atoms. The standard InChI is InChI=1S/C27H33N3O4.C12H11O4P/c1-19(2)34-24(31)27(18-26(3,4)5,29-25(32)33-17-20-10-7-6-8-11-20)22-13-14-23-21(16-22)12-9-15-30(23)28;13-17(14,15-11-7-3-1-4-8-11)16-12-9-5-2-6-10-12/h6-16,19H,17-18,28H2,1-5H3;1-10H,(H,13,14)/t27-;/m1./s1. The number of esters is 1. The zero-order valence-corrected chi connectivity index (χ0v) is 30.2. The number of para-hydroxylation sites is 2. The van der Waals surface area contributed by atoms with E-state index in [1.807, 2.05) is 75.4 Å². The molecular formula is C39H44N3O8P. The monoisotopic (exact) mass is 713 g/mol. The number of nitrogens with zero attached hydrogens (tertiary/aromatic N) is 1. The average Bonchev–Trinajstić information content (AvgIpc) is 3.07. The maximum Gasteiger partial charge on any atom is 0.408 e. The van der Waals surface area contributed by atoms with Crippen LogP contribution in [0.4, 0.5) is 4.79 Å². The molecule has 0 aliphatic heterocycles. The summed E-state index contributed by atoms with van der Waals surface area (Å²) in [5.74, 6) is 5.96. The number of phosphoric acid groups is 1. The van der Waals surface area contributed by atoms with Crippen LogP contribution < -0.4 is 29.8 Å². The highest BCUT2D eigenvalue weighted by atomic mass is 31.2. The van der Waals surface area contributed by atoms with E-state index in [4.69, 9.17) is 24.4 Å². The first-order chi connectivity index (χ1) is 24.2. The van der Waals surface area contributed by atoms with Gasteiger partial charge < -0.3 is 28.7 Å². The van der Waals surface area contributed by atoms with Gasteiger partial charge in [0.15, 0.2) is 11.7 Å². The summed E-state index contributed by atoms with van der Waals surface area (Å²) >= 11 is 0. The Kier molecular flexibility index (Phi) is 12.8. The minimum absolute atomic E-state index is 0.0857. The number of carbonyl (C=O) groups excluding carboxylic acids is 2. The molecule has 0 aliphatic rings. The molecule has 12 heteroatoms. The number of benzene rings is 4. The summed E-state index contributed by atoms with van der Waals surface area (Å²) in [6.07, 6.45) is 0.986. The lowest BCUT2D eigenvalue weighted by atomic mass is 9.75. The van der Waals surface area contributed by atoms with Gasteiger partial charge >= 0.3 is 19.9 Å². The van der Waals surface area contributed by atoms with E-state index in [1.54, 1.807) is 86.8 Å². The minimum Gasteiger partial charge on any atom is -0.736 e. The summed E-state index contributed by atoms with van der Waals surface area (Å²) in [7, 11) is -4.39. The molecule has 0 fully saturated rings. The van der Waals surface area contributed by atoms with Crippen molar-refractivity contribution in [3.8, 4) is 11.5 Å². The van der Waals surface area contributed by atoms with E-state index in [1.165, 1.54) is 4.68 Å². The molecule has 1 atom stereocenters. The summed E-state index contributed by atoms with van der Waals surface area (Å²) in [4.78, 5) is 38.2. The summed E-state index contributed by atoms with van der Waals surface area (Å²) < 4.78 is 33.8. The molecule has 0 saturated heterocycles. The third kappa shape index (κ3) is 11.6. The summed E-state index contributed by atoms with van der Waals surface area (Å²) in [6.45, 7) is 9.68. The maximum absolute atomic E-state index is 13.6. The van der Waals surface area contributed by atoms with Gasteiger partial charge in [-0.2, -0.15) is 0 Å². The fourth-order valence-electron chi connectivity index (χ4n) is 5.25. The molecule has 1 amide bonds. The highest BCUT2D eigenvalue weighted by molar-refractivity contribution is 7.46. The van der Waals surface area contributed by atoms with Crippen LogP contribution in [0, 0.1) is 5.41 Å². The Labute approximate surface area is 298 Å². The zero-order valence-electron chi connectivity index (χ0n) is 29.4. The number of nitrogens with two attached hydrogens (primary N) is 1. The van der Waals surface area contributed by atoms with Crippen LogP contribution >= 0.6 is 7.82 Å². The number of ether oxygens (including phenoxy) is 2. The van der Waals surface area contributed by atoms with Crippen molar-refractivity contribution in [2.75, 3.05) is 5.84 Å². The van der Waals surface area contributed by atoms with Gasteiger partial charge in [0, 0.05) is 17.5 Å². The predicted octanol–water partition coefficient (Wildman–Crippen LogP) is 6.96. The number of alkyl carbamates (subject to hydrolysis) is 1. The molecular weight excluding hydrogens is 669 g/mol. The van der Waals surface area contributed by atoms with E-state index in [0.717, 1.165) is 16.5 Å². The van der Waals surface area contributed by atoms with Gasteiger partial charge in [-0.3, -0.25) is 0 Å². The lowest BCUT2D eigenvalue weighted by Gasteiger charge is -2.38.